The van der Waals surface area contributed by atoms with Gasteiger partial charge in [0.2, 0.25) is 35.1 Å². The number of aliphatic hydroxyl groups excluding tert-OH is 10. The van der Waals surface area contributed by atoms with Crippen LogP contribution in [0, 0.1) is 0 Å². The molecule has 3 saturated heterocycles. The van der Waals surface area contributed by atoms with Crippen LogP contribution >= 0.6 is 0 Å². The standard InChI is InChI=1S/C33H53N3O25.H3N.3Na/c1-10(40)34-19-13(43)4-31(56,28(50)51)59-26(19)23(48)17(8-38)57-33(30(54)55)6-15(45)21(36-12(3)42)27(61-33)24(49)18(9-39)58-32(29(52)53)5-14(44)20(35-11(2)41)25(60-32)22(47)16(46)7-37;;;;/h13-27,37-39,43-49,56H,4-9H2,1-3H3,(H,34,40)(H,35,41)(H,36,42)(H,50,51)(H,52,53)(H,54,55);1H3;;;/q;;3*+1/p-3/t13-,14-,15-,16+,17+,18+,19+,20+,21+,22-,23-,24-,25+,26+,27+,31+,32+,33+;;;;/m0..../s1. The summed E-state index contributed by atoms with van der Waals surface area (Å²) < 4.78 is 26.9. The number of hydrogen-bond acceptors (Lipinski definition) is 26. The quantitative estimate of drug-likeness (QED) is 0.0534. The Bertz CT molecular complexity index is 1610. The van der Waals surface area contributed by atoms with Gasteiger partial charge in [-0.1, -0.05) is 0 Å². The van der Waals surface area contributed by atoms with Crippen LogP contribution in [0.2, 0.25) is 0 Å². The second-order valence-corrected chi connectivity index (χ2v) is 14.8. The molecule has 0 aromatic carbocycles. The third kappa shape index (κ3) is 15.6. The Hall–Kier alpha value is -0.860. The second kappa shape index (κ2) is 27.5. The third-order valence-electron chi connectivity index (χ3n) is 10.2. The van der Waals surface area contributed by atoms with E-state index in [1.54, 1.807) is 0 Å². The zero-order valence-corrected chi connectivity index (χ0v) is 42.2. The Labute approximate surface area is 435 Å². The predicted molar refractivity (Wildman–Crippen MR) is 185 cm³/mol. The number of carbonyl (C=O) groups is 6. The van der Waals surface area contributed by atoms with Crippen LogP contribution in [-0.2, 0) is 52.5 Å². The molecule has 32 heteroatoms. The minimum absolute atomic E-state index is 0. The van der Waals surface area contributed by atoms with Crippen molar-refractivity contribution in [3.8, 4) is 0 Å². The molecule has 0 aliphatic carbocycles. The first-order valence-electron chi connectivity index (χ1n) is 18.4. The van der Waals surface area contributed by atoms with Gasteiger partial charge in [-0.05, 0) is 0 Å². The Kier molecular flexibility index (Phi) is 28.0. The zero-order chi connectivity index (χ0) is 46.5. The van der Waals surface area contributed by atoms with Crippen molar-refractivity contribution in [1.29, 1.82) is 0 Å². The summed E-state index contributed by atoms with van der Waals surface area (Å²) in [6, 6.07) is -5.47. The van der Waals surface area contributed by atoms with E-state index in [9.17, 15) is 100 Å². The molecule has 3 rings (SSSR count). The summed E-state index contributed by atoms with van der Waals surface area (Å²) >= 11 is 0. The molecular formula is C33H53N4Na3O25. The van der Waals surface area contributed by atoms with Gasteiger partial charge in [-0.3, -0.25) is 14.4 Å². The maximum absolute atomic E-state index is 12.9. The van der Waals surface area contributed by atoms with E-state index >= 15 is 0 Å². The van der Waals surface area contributed by atoms with Crippen LogP contribution in [0.4, 0.5) is 0 Å². The summed E-state index contributed by atoms with van der Waals surface area (Å²) in [5.74, 6) is -20.1. The van der Waals surface area contributed by atoms with Gasteiger partial charge in [-0.25, -0.2) is 0 Å². The predicted octanol–water partition coefficient (Wildman–Crippen LogP) is -22.4. The van der Waals surface area contributed by atoms with Crippen molar-refractivity contribution < 1.29 is 213 Å². The number of carbonyl (C=O) groups excluding carboxylic acids is 6. The molecule has 3 aliphatic heterocycles. The van der Waals surface area contributed by atoms with Crippen molar-refractivity contribution in [3.05, 3.63) is 0 Å². The van der Waals surface area contributed by atoms with Crippen molar-refractivity contribution in [1.82, 2.24) is 22.1 Å². The van der Waals surface area contributed by atoms with E-state index in [0.717, 1.165) is 20.8 Å². The molecule has 65 heavy (non-hydrogen) atoms. The molecule has 0 aromatic rings. The van der Waals surface area contributed by atoms with Crippen LogP contribution in [0.25, 0.3) is 0 Å². The number of carboxylic acids is 3. The van der Waals surface area contributed by atoms with Crippen molar-refractivity contribution in [2.45, 2.75) is 149 Å². The minimum Gasteiger partial charge on any atom is -0.544 e. The number of rotatable bonds is 19. The molecule has 0 spiro atoms. The molecule has 0 bridgehead atoms. The van der Waals surface area contributed by atoms with Crippen LogP contribution < -0.4 is 126 Å². The van der Waals surface area contributed by atoms with Crippen LogP contribution in [0.3, 0.4) is 0 Å². The molecule has 0 saturated carbocycles. The van der Waals surface area contributed by atoms with Crippen LogP contribution in [0.5, 0.6) is 0 Å². The van der Waals surface area contributed by atoms with Crippen molar-refractivity contribution in [2.75, 3.05) is 19.8 Å². The van der Waals surface area contributed by atoms with Gasteiger partial charge < -0.3 is 132 Å². The Balaban J connectivity index is 0. The van der Waals surface area contributed by atoms with E-state index in [2.05, 4.69) is 16.0 Å². The Morgan fingerprint density at radius 3 is 1.15 bits per heavy atom. The molecule has 29 nitrogen and oxygen atoms in total. The Morgan fingerprint density at radius 2 is 0.877 bits per heavy atom. The minimum atomic E-state index is -3.49. The molecule has 18 atom stereocenters. The molecule has 3 aliphatic rings. The third-order valence-corrected chi connectivity index (χ3v) is 10.2. The van der Waals surface area contributed by atoms with Gasteiger partial charge in [-0.2, -0.15) is 0 Å². The van der Waals surface area contributed by atoms with Gasteiger partial charge in [0.25, 0.3) is 0 Å². The van der Waals surface area contributed by atoms with Gasteiger partial charge in [0, 0.05) is 40.0 Å². The summed E-state index contributed by atoms with van der Waals surface area (Å²) in [6.45, 7) is -1.39. The van der Waals surface area contributed by atoms with E-state index in [4.69, 9.17) is 23.7 Å². The molecule has 0 radical (unpaired) electrons. The average molecular weight is 975 g/mol. The van der Waals surface area contributed by atoms with E-state index < -0.39 is 183 Å². The molecule has 3 heterocycles. The number of carboxylic acid groups (broad SMARTS) is 3. The smallest absolute Gasteiger partial charge is 0.544 e. The van der Waals surface area contributed by atoms with Crippen molar-refractivity contribution in [2.24, 2.45) is 0 Å². The number of aliphatic hydroxyl groups is 11. The van der Waals surface area contributed by atoms with Crippen LogP contribution in [-0.4, -0.2) is 220 Å². The fraction of sp³-hybridized carbons (Fsp3) is 0.818. The monoisotopic (exact) mass is 974 g/mol. The summed E-state index contributed by atoms with van der Waals surface area (Å²) in [4.78, 5) is 73.3. The largest absolute Gasteiger partial charge is 1.00 e. The van der Waals surface area contributed by atoms with Crippen molar-refractivity contribution in [3.63, 3.8) is 0 Å². The maximum atomic E-state index is 12.9. The second-order valence-electron chi connectivity index (χ2n) is 14.8. The molecule has 3 fully saturated rings. The number of nitrogens with one attached hydrogen (secondary N) is 3. The van der Waals surface area contributed by atoms with E-state index in [0.29, 0.717) is 0 Å². The van der Waals surface area contributed by atoms with Gasteiger partial charge in [-0.15, -0.1) is 0 Å². The van der Waals surface area contributed by atoms with E-state index in [1.165, 1.54) is 0 Å². The van der Waals surface area contributed by atoms with Gasteiger partial charge in [0.1, 0.15) is 72.8 Å². The number of ether oxygens (including phenoxy) is 5. The zero-order valence-electron chi connectivity index (χ0n) is 36.2. The number of aliphatic carboxylic acids is 3. The first kappa shape index (κ1) is 66.2. The van der Waals surface area contributed by atoms with E-state index in [-0.39, 0.29) is 94.8 Å². The molecule has 0 unspecified atom stereocenters. The topological polar surface area (TPSA) is 511 Å². The summed E-state index contributed by atoms with van der Waals surface area (Å²) in [7, 11) is 0. The van der Waals surface area contributed by atoms with Gasteiger partial charge in [0.15, 0.2) is 0 Å². The van der Waals surface area contributed by atoms with Gasteiger partial charge >= 0.3 is 88.7 Å². The first-order chi connectivity index (χ1) is 28.2. The SMILES string of the molecule is CC(=O)N[C@H]1[C@H]([C@@H](O)[C@H](O)CO)O[C@@](O[C@H](CO)[C@H](O)[C@@H]2O[C@@](O[C@H](CO)[C@H](O)[C@@H]3O[C@@](O)(C(=O)[O-])C[C@H](O)[C@H]3NC(C)=O)(C(=O)[O-])C[C@H](O)[C@H]2NC(C)=O)(C(=O)[O-])C[C@@H]1O.N.[Na+].[Na+].[Na+]. The normalized spacial score (nSPS) is 34.9. The number of hydrogen-bond donors (Lipinski definition) is 15. The molecular weight excluding hydrogens is 921 g/mol. The summed E-state index contributed by atoms with van der Waals surface area (Å²) in [5, 5.41) is 161. The number of amides is 3. The van der Waals surface area contributed by atoms with Crippen LogP contribution in [0.15, 0.2) is 0 Å². The molecule has 0 aromatic heterocycles. The van der Waals surface area contributed by atoms with Gasteiger partial charge in [0.05, 0.1) is 56.3 Å². The molecule has 3 amide bonds. The van der Waals surface area contributed by atoms with Crippen molar-refractivity contribution >= 4 is 35.6 Å². The van der Waals surface area contributed by atoms with E-state index in [1.807, 2.05) is 0 Å². The Morgan fingerprint density at radius 1 is 0.569 bits per heavy atom. The summed E-state index contributed by atoms with van der Waals surface area (Å²) in [6.07, 6.45) is -31.4. The average Bonchev–Trinajstić information content (AvgIpc) is 3.17. The first-order valence-corrected chi connectivity index (χ1v) is 18.4. The van der Waals surface area contributed by atoms with Crippen LogP contribution in [0.1, 0.15) is 40.0 Å². The summed E-state index contributed by atoms with van der Waals surface area (Å²) in [5.41, 5.74) is 0. The molecule has 17 N–H and O–H groups in total. The fourth-order valence-corrected chi connectivity index (χ4v) is 7.30. The maximum Gasteiger partial charge on any atom is 1.00 e. The molecule has 358 valence electrons. The fourth-order valence-electron chi connectivity index (χ4n) is 7.30.